The van der Waals surface area contributed by atoms with E-state index in [1.807, 2.05) is 13.0 Å². The number of aromatic nitrogens is 1. The topological polar surface area (TPSA) is 151 Å². The highest BCUT2D eigenvalue weighted by atomic mass is 19.1. The third-order valence-electron chi connectivity index (χ3n) is 7.49. The van der Waals surface area contributed by atoms with Gasteiger partial charge in [0.25, 0.3) is 0 Å². The van der Waals surface area contributed by atoms with Crippen LogP contribution in [0.1, 0.15) is 38.7 Å². The first-order valence-corrected chi connectivity index (χ1v) is 14.5. The summed E-state index contributed by atoms with van der Waals surface area (Å²) in [5, 5.41) is 5.19. The van der Waals surface area contributed by atoms with Crippen molar-refractivity contribution in [3.63, 3.8) is 0 Å². The standard InChI is InChI=1S/C29H36F2N6O5.CH3NO/c1-5-41-28(39)19(2)16-36(32-4)17-23-18-37(29(40)42-23)22-13-24(30)26(25(31)14-22)34-9-11-35(12-10-34)27(38)20(3)21-7-6-8-33-15-21;2-1-3/h6-8,13,15-16,20,22-23H,4-5,9-12,14,17-18H2,1-3H3;1H,(H2,2,3)/b19-16+;. The number of carbonyl (C=O) groups is 4. The molecule has 3 amide bonds. The monoisotopic (exact) mass is 631 g/mol. The highest BCUT2D eigenvalue weighted by molar-refractivity contribution is 5.87. The lowest BCUT2D eigenvalue weighted by atomic mass is 10.0. The number of piperazine rings is 1. The minimum Gasteiger partial charge on any atom is -0.463 e. The van der Waals surface area contributed by atoms with E-state index in [9.17, 15) is 14.4 Å². The van der Waals surface area contributed by atoms with Crippen molar-refractivity contribution in [1.29, 1.82) is 0 Å². The molecule has 45 heavy (non-hydrogen) atoms. The van der Waals surface area contributed by atoms with Crippen molar-refractivity contribution >= 4 is 31.1 Å². The molecule has 0 saturated carbocycles. The van der Waals surface area contributed by atoms with Crippen molar-refractivity contribution < 1.29 is 37.4 Å². The number of amides is 3. The van der Waals surface area contributed by atoms with E-state index in [-0.39, 0.29) is 68.7 Å². The van der Waals surface area contributed by atoms with Crippen molar-refractivity contribution in [2.24, 2.45) is 10.8 Å². The molecule has 4 rings (SSSR count). The van der Waals surface area contributed by atoms with E-state index in [1.165, 1.54) is 22.2 Å². The Hall–Kier alpha value is -4.82. The fraction of sp³-hybridized carbons (Fsp3) is 0.467. The number of carbonyl (C=O) groups excluding carboxylic acids is 4. The normalized spacial score (nSPS) is 20.8. The predicted molar refractivity (Wildman–Crippen MR) is 160 cm³/mol. The maximum absolute atomic E-state index is 15.4. The summed E-state index contributed by atoms with van der Waals surface area (Å²) >= 11 is 0. The lowest BCUT2D eigenvalue weighted by Crippen LogP contribution is -2.50. The van der Waals surface area contributed by atoms with Gasteiger partial charge >= 0.3 is 12.1 Å². The van der Waals surface area contributed by atoms with Gasteiger partial charge in [-0.2, -0.15) is 5.10 Å². The molecule has 3 heterocycles. The number of pyridine rings is 1. The summed E-state index contributed by atoms with van der Waals surface area (Å²) in [6.45, 7) is 10.1. The highest BCUT2D eigenvalue weighted by Crippen LogP contribution is 2.34. The van der Waals surface area contributed by atoms with Gasteiger partial charge in [0.05, 0.1) is 37.2 Å². The fourth-order valence-electron chi connectivity index (χ4n) is 5.23. The zero-order valence-electron chi connectivity index (χ0n) is 25.6. The summed E-state index contributed by atoms with van der Waals surface area (Å²) in [4.78, 5) is 54.7. The zero-order chi connectivity index (χ0) is 33.1. The third kappa shape index (κ3) is 8.86. The van der Waals surface area contributed by atoms with Gasteiger partial charge in [-0.1, -0.05) is 6.07 Å². The second kappa shape index (κ2) is 16.3. The van der Waals surface area contributed by atoms with Crippen LogP contribution in [-0.2, 0) is 23.9 Å². The van der Waals surface area contributed by atoms with E-state index in [0.717, 1.165) is 5.56 Å². The van der Waals surface area contributed by atoms with Gasteiger partial charge in [-0.05, 0) is 38.5 Å². The highest BCUT2D eigenvalue weighted by Gasteiger charge is 2.40. The van der Waals surface area contributed by atoms with E-state index in [1.54, 1.807) is 42.1 Å². The lowest BCUT2D eigenvalue weighted by Gasteiger charge is -2.39. The first-order chi connectivity index (χ1) is 21.5. The number of hydrazone groups is 1. The summed E-state index contributed by atoms with van der Waals surface area (Å²) in [7, 11) is 0. The lowest BCUT2D eigenvalue weighted by molar-refractivity contribution is -0.138. The van der Waals surface area contributed by atoms with Crippen LogP contribution in [0.15, 0.2) is 64.8 Å². The van der Waals surface area contributed by atoms with Gasteiger partial charge in [-0.3, -0.25) is 24.5 Å². The van der Waals surface area contributed by atoms with Gasteiger partial charge in [-0.25, -0.2) is 18.4 Å². The SMILES string of the molecule is C=NN(/C=C(\C)C(=O)OCC)CC1CN(C2C=C(F)C(N3CCN(C(=O)C(C)c4cccnc4)CC3)=C(F)C2)C(=O)O1.NC=O. The number of halogens is 2. The Morgan fingerprint density at radius 1 is 1.31 bits per heavy atom. The molecule has 1 aliphatic carbocycles. The number of ether oxygens (including phenoxy) is 2. The van der Waals surface area contributed by atoms with Crippen LogP contribution in [0.3, 0.4) is 0 Å². The number of primary amides is 1. The molecular formula is C30H39F2N7O6. The van der Waals surface area contributed by atoms with E-state index in [0.29, 0.717) is 13.1 Å². The van der Waals surface area contributed by atoms with E-state index in [2.05, 4.69) is 22.5 Å². The van der Waals surface area contributed by atoms with E-state index in [4.69, 9.17) is 14.3 Å². The van der Waals surface area contributed by atoms with Crippen molar-refractivity contribution in [3.8, 4) is 0 Å². The maximum Gasteiger partial charge on any atom is 0.410 e. The summed E-state index contributed by atoms with van der Waals surface area (Å²) in [6, 6.07) is 2.76. The quantitative estimate of drug-likeness (QED) is 0.135. The van der Waals surface area contributed by atoms with Crippen LogP contribution in [0, 0.1) is 0 Å². The average Bonchev–Trinajstić information content (AvgIpc) is 3.40. The maximum atomic E-state index is 15.4. The molecule has 0 aromatic carbocycles. The number of esters is 1. The molecule has 15 heteroatoms. The minimum absolute atomic E-state index is 0.0595. The first kappa shape index (κ1) is 34.7. The predicted octanol–water partition coefficient (Wildman–Crippen LogP) is 2.44. The molecule has 0 bridgehead atoms. The Morgan fingerprint density at radius 3 is 2.58 bits per heavy atom. The van der Waals surface area contributed by atoms with Crippen LogP contribution in [-0.4, -0.2) is 114 Å². The van der Waals surface area contributed by atoms with Crippen LogP contribution >= 0.6 is 0 Å². The largest absolute Gasteiger partial charge is 0.463 e. The summed E-state index contributed by atoms with van der Waals surface area (Å²) in [5.41, 5.74) is 5.13. The van der Waals surface area contributed by atoms with Crippen LogP contribution < -0.4 is 5.73 Å². The Morgan fingerprint density at radius 2 is 2.00 bits per heavy atom. The Labute approximate surface area is 260 Å². The molecule has 2 N–H and O–H groups in total. The number of hydrogen-bond acceptors (Lipinski definition) is 10. The van der Waals surface area contributed by atoms with Crippen LogP contribution in [0.25, 0.3) is 0 Å². The summed E-state index contributed by atoms with van der Waals surface area (Å²) in [6.07, 6.45) is 4.65. The Kier molecular flexibility index (Phi) is 12.6. The van der Waals surface area contributed by atoms with Crippen LogP contribution in [0.4, 0.5) is 13.6 Å². The minimum atomic E-state index is -0.864. The Bertz CT molecular complexity index is 1330. The first-order valence-electron chi connectivity index (χ1n) is 14.5. The van der Waals surface area contributed by atoms with Crippen LogP contribution in [0.2, 0.25) is 0 Å². The van der Waals surface area contributed by atoms with Gasteiger partial charge in [0.15, 0.2) is 0 Å². The van der Waals surface area contributed by atoms with Gasteiger partial charge in [0.1, 0.15) is 23.5 Å². The van der Waals surface area contributed by atoms with Crippen molar-refractivity contribution in [2.75, 3.05) is 45.9 Å². The molecule has 2 aliphatic heterocycles. The molecule has 13 nitrogen and oxygen atoms in total. The second-order valence-corrected chi connectivity index (χ2v) is 10.5. The molecule has 1 aromatic heterocycles. The Balaban J connectivity index is 0.00000177. The van der Waals surface area contributed by atoms with Crippen molar-refractivity contribution in [3.05, 3.63) is 65.3 Å². The fourth-order valence-corrected chi connectivity index (χ4v) is 5.23. The molecule has 3 aliphatic rings. The average molecular weight is 632 g/mol. The van der Waals surface area contributed by atoms with Crippen molar-refractivity contribution in [2.45, 2.75) is 45.3 Å². The van der Waals surface area contributed by atoms with Gasteiger partial charge in [-0.15, -0.1) is 0 Å². The van der Waals surface area contributed by atoms with Crippen LogP contribution in [0.5, 0.6) is 0 Å². The van der Waals surface area contributed by atoms with Gasteiger partial charge < -0.3 is 25.0 Å². The molecule has 0 radical (unpaired) electrons. The third-order valence-corrected chi connectivity index (χ3v) is 7.49. The second-order valence-electron chi connectivity index (χ2n) is 10.5. The molecule has 3 unspecified atom stereocenters. The van der Waals surface area contributed by atoms with Gasteiger partial charge in [0.2, 0.25) is 12.3 Å². The molecule has 3 atom stereocenters. The molecule has 244 valence electrons. The summed E-state index contributed by atoms with van der Waals surface area (Å²) < 4.78 is 41.1. The zero-order valence-corrected chi connectivity index (χ0v) is 25.6. The van der Waals surface area contributed by atoms with E-state index >= 15 is 8.78 Å². The number of allylic oxidation sites excluding steroid dienone is 1. The van der Waals surface area contributed by atoms with Crippen molar-refractivity contribution in [1.82, 2.24) is 24.7 Å². The number of cyclic esters (lactones) is 1. The molecule has 0 spiro atoms. The molecule has 2 saturated heterocycles. The molecule has 1 aromatic rings. The number of nitrogens with two attached hydrogens (primary N) is 1. The smallest absolute Gasteiger partial charge is 0.410 e. The number of hydrogen-bond donors (Lipinski definition) is 1. The van der Waals surface area contributed by atoms with E-state index < -0.39 is 35.9 Å². The summed E-state index contributed by atoms with van der Waals surface area (Å²) in [5.74, 6) is -2.36. The molecular weight excluding hydrogens is 592 g/mol. The van der Waals surface area contributed by atoms with Gasteiger partial charge in [0, 0.05) is 57.9 Å². The number of nitrogens with zero attached hydrogens (tertiary/aromatic N) is 6. The number of rotatable bonds is 10. The molecule has 2 fully saturated rings.